The average Bonchev–Trinajstić information content (AvgIpc) is 2.83. The van der Waals surface area contributed by atoms with Gasteiger partial charge in [0.2, 0.25) is 5.91 Å². The summed E-state index contributed by atoms with van der Waals surface area (Å²) in [4.78, 5) is 35.6. The largest absolute Gasteiger partial charge is 0.449 e. The van der Waals surface area contributed by atoms with Gasteiger partial charge >= 0.3 is 5.97 Å². The Morgan fingerprint density at radius 1 is 1.12 bits per heavy atom. The molecule has 0 heterocycles. The van der Waals surface area contributed by atoms with Crippen molar-refractivity contribution in [3.05, 3.63) is 29.8 Å². The normalized spacial score (nSPS) is 16.4. The van der Waals surface area contributed by atoms with E-state index in [1.54, 1.807) is 25.1 Å². The highest BCUT2D eigenvalue weighted by atomic mass is 16.5. The van der Waals surface area contributed by atoms with Crippen LogP contribution in [-0.2, 0) is 14.3 Å². The van der Waals surface area contributed by atoms with E-state index in [-0.39, 0.29) is 17.9 Å². The molecule has 1 aromatic carbocycles. The molecule has 1 fully saturated rings. The van der Waals surface area contributed by atoms with Crippen molar-refractivity contribution in [3.8, 4) is 0 Å². The van der Waals surface area contributed by atoms with Gasteiger partial charge < -0.3 is 15.4 Å². The second kappa shape index (κ2) is 9.20. The Labute approximate surface area is 148 Å². The van der Waals surface area contributed by atoms with Crippen molar-refractivity contribution >= 4 is 23.5 Å². The van der Waals surface area contributed by atoms with Crippen LogP contribution in [0.5, 0.6) is 0 Å². The SMILES string of the molecule is CC(=O)Nc1cccc(C(=O)O[C@H](C)C(=O)NC2CCCCCC2)c1. The summed E-state index contributed by atoms with van der Waals surface area (Å²) in [6.45, 7) is 2.96. The number of rotatable bonds is 5. The van der Waals surface area contributed by atoms with Crippen LogP contribution < -0.4 is 10.6 Å². The zero-order valence-electron chi connectivity index (χ0n) is 14.8. The van der Waals surface area contributed by atoms with Gasteiger partial charge in [0.1, 0.15) is 0 Å². The first-order valence-corrected chi connectivity index (χ1v) is 8.84. The number of ether oxygens (including phenoxy) is 1. The molecule has 1 aromatic rings. The molecule has 0 spiro atoms. The Hall–Kier alpha value is -2.37. The van der Waals surface area contributed by atoms with Gasteiger partial charge in [0, 0.05) is 18.7 Å². The smallest absolute Gasteiger partial charge is 0.338 e. The van der Waals surface area contributed by atoms with Gasteiger partial charge in [0.25, 0.3) is 5.91 Å². The van der Waals surface area contributed by atoms with Crippen LogP contribution in [0.3, 0.4) is 0 Å². The van der Waals surface area contributed by atoms with Gasteiger partial charge in [0.05, 0.1) is 5.56 Å². The standard InChI is InChI=1S/C19H26N2O4/c1-13(18(23)21-16-9-5-3-4-6-10-16)25-19(24)15-8-7-11-17(12-15)20-14(2)22/h7-8,11-13,16H,3-6,9-10H2,1-2H3,(H,20,22)(H,21,23)/t13-/m1/s1. The molecule has 6 nitrogen and oxygen atoms in total. The summed E-state index contributed by atoms with van der Waals surface area (Å²) in [6.07, 6.45) is 5.75. The summed E-state index contributed by atoms with van der Waals surface area (Å²) in [7, 11) is 0. The van der Waals surface area contributed by atoms with Gasteiger partial charge in [-0.1, -0.05) is 31.7 Å². The number of nitrogens with one attached hydrogen (secondary N) is 2. The molecule has 1 aliphatic carbocycles. The van der Waals surface area contributed by atoms with Crippen LogP contribution >= 0.6 is 0 Å². The van der Waals surface area contributed by atoms with E-state index in [1.165, 1.54) is 25.8 Å². The number of anilines is 1. The maximum Gasteiger partial charge on any atom is 0.338 e. The van der Waals surface area contributed by atoms with Crippen LogP contribution in [0.1, 0.15) is 62.7 Å². The van der Waals surface area contributed by atoms with E-state index in [4.69, 9.17) is 4.74 Å². The Morgan fingerprint density at radius 3 is 2.44 bits per heavy atom. The lowest BCUT2D eigenvalue weighted by atomic mass is 10.1. The summed E-state index contributed by atoms with van der Waals surface area (Å²) < 4.78 is 5.27. The minimum absolute atomic E-state index is 0.166. The molecule has 1 atom stereocenters. The predicted octanol–water partition coefficient (Wildman–Crippen LogP) is 3.03. The average molecular weight is 346 g/mol. The first-order valence-electron chi connectivity index (χ1n) is 8.84. The van der Waals surface area contributed by atoms with Gasteiger partial charge in [0.15, 0.2) is 6.10 Å². The minimum Gasteiger partial charge on any atom is -0.449 e. The fourth-order valence-electron chi connectivity index (χ4n) is 2.95. The molecule has 1 aliphatic rings. The number of hydrogen-bond donors (Lipinski definition) is 2. The van der Waals surface area contributed by atoms with Crippen LogP contribution in [0.2, 0.25) is 0 Å². The molecule has 2 amide bonds. The van der Waals surface area contributed by atoms with E-state index in [2.05, 4.69) is 10.6 Å². The second-order valence-electron chi connectivity index (χ2n) is 6.51. The Kier molecular flexibility index (Phi) is 6.98. The summed E-state index contributed by atoms with van der Waals surface area (Å²) in [5.41, 5.74) is 0.804. The van der Waals surface area contributed by atoms with E-state index >= 15 is 0 Å². The number of carbonyl (C=O) groups is 3. The number of esters is 1. The third-order valence-electron chi connectivity index (χ3n) is 4.27. The first kappa shape index (κ1) is 19.0. The lowest BCUT2D eigenvalue weighted by Gasteiger charge is -2.19. The van der Waals surface area contributed by atoms with E-state index in [9.17, 15) is 14.4 Å². The maximum absolute atomic E-state index is 12.3. The maximum atomic E-state index is 12.3. The summed E-state index contributed by atoms with van der Waals surface area (Å²) >= 11 is 0. The molecule has 0 saturated heterocycles. The Balaban J connectivity index is 1.90. The van der Waals surface area contributed by atoms with E-state index < -0.39 is 12.1 Å². The van der Waals surface area contributed by atoms with Crippen molar-refractivity contribution in [2.75, 3.05) is 5.32 Å². The third-order valence-corrected chi connectivity index (χ3v) is 4.27. The summed E-state index contributed by atoms with van der Waals surface area (Å²) in [5.74, 6) is -1.07. The van der Waals surface area contributed by atoms with Crippen LogP contribution in [0.4, 0.5) is 5.69 Å². The molecule has 0 aliphatic heterocycles. The zero-order chi connectivity index (χ0) is 18.2. The predicted molar refractivity (Wildman–Crippen MR) is 95.3 cm³/mol. The quantitative estimate of drug-likeness (QED) is 0.634. The van der Waals surface area contributed by atoms with Gasteiger partial charge in [-0.3, -0.25) is 9.59 Å². The molecule has 6 heteroatoms. The fourth-order valence-corrected chi connectivity index (χ4v) is 2.95. The Morgan fingerprint density at radius 2 is 1.80 bits per heavy atom. The van der Waals surface area contributed by atoms with Gasteiger partial charge in [-0.15, -0.1) is 0 Å². The van der Waals surface area contributed by atoms with Crippen molar-refractivity contribution in [1.29, 1.82) is 0 Å². The van der Waals surface area contributed by atoms with Crippen LogP contribution in [0, 0.1) is 0 Å². The summed E-state index contributed by atoms with van der Waals surface area (Å²) in [5, 5.41) is 5.59. The van der Waals surface area contributed by atoms with Crippen molar-refractivity contribution in [2.45, 2.75) is 64.5 Å². The van der Waals surface area contributed by atoms with Gasteiger partial charge in [-0.2, -0.15) is 0 Å². The van der Waals surface area contributed by atoms with Gasteiger partial charge in [-0.05, 0) is 38.0 Å². The number of carbonyl (C=O) groups excluding carboxylic acids is 3. The molecule has 0 unspecified atom stereocenters. The van der Waals surface area contributed by atoms with E-state index in [0.29, 0.717) is 11.3 Å². The van der Waals surface area contributed by atoms with Gasteiger partial charge in [-0.25, -0.2) is 4.79 Å². The molecule has 136 valence electrons. The molecule has 0 aromatic heterocycles. The lowest BCUT2D eigenvalue weighted by Crippen LogP contribution is -2.41. The van der Waals surface area contributed by atoms with Crippen molar-refractivity contribution in [1.82, 2.24) is 5.32 Å². The molecule has 2 rings (SSSR count). The van der Waals surface area contributed by atoms with Crippen molar-refractivity contribution in [2.24, 2.45) is 0 Å². The number of hydrogen-bond acceptors (Lipinski definition) is 4. The lowest BCUT2D eigenvalue weighted by molar-refractivity contribution is -0.129. The molecular formula is C19H26N2O4. The zero-order valence-corrected chi connectivity index (χ0v) is 14.8. The molecule has 0 radical (unpaired) electrons. The fraction of sp³-hybridized carbons (Fsp3) is 0.526. The van der Waals surface area contributed by atoms with Crippen molar-refractivity contribution in [3.63, 3.8) is 0 Å². The second-order valence-corrected chi connectivity index (χ2v) is 6.51. The Bertz CT molecular complexity index is 622. The van der Waals surface area contributed by atoms with E-state index in [0.717, 1.165) is 25.7 Å². The van der Waals surface area contributed by atoms with E-state index in [1.807, 2.05) is 0 Å². The molecule has 0 bridgehead atoms. The third kappa shape index (κ3) is 6.21. The highest BCUT2D eigenvalue weighted by Gasteiger charge is 2.22. The topological polar surface area (TPSA) is 84.5 Å². The molecular weight excluding hydrogens is 320 g/mol. The van der Waals surface area contributed by atoms with Crippen LogP contribution in [0.25, 0.3) is 0 Å². The monoisotopic (exact) mass is 346 g/mol. The first-order chi connectivity index (χ1) is 12.0. The highest BCUT2D eigenvalue weighted by molar-refractivity contribution is 5.95. The molecule has 2 N–H and O–H groups in total. The minimum atomic E-state index is -0.861. The van der Waals surface area contributed by atoms with Crippen LogP contribution in [0.15, 0.2) is 24.3 Å². The molecule has 25 heavy (non-hydrogen) atoms. The highest BCUT2D eigenvalue weighted by Crippen LogP contribution is 2.17. The van der Waals surface area contributed by atoms with Crippen molar-refractivity contribution < 1.29 is 19.1 Å². The van der Waals surface area contributed by atoms with Crippen LogP contribution in [-0.4, -0.2) is 29.9 Å². The summed E-state index contributed by atoms with van der Waals surface area (Å²) in [6, 6.07) is 6.61. The number of amides is 2. The number of benzene rings is 1. The molecule has 1 saturated carbocycles.